The van der Waals surface area contributed by atoms with E-state index in [0.29, 0.717) is 49.8 Å². The van der Waals surface area contributed by atoms with Crippen molar-refractivity contribution in [1.29, 1.82) is 0 Å². The Hall–Kier alpha value is -3.32. The Morgan fingerprint density at radius 2 is 0.867 bits per heavy atom. The summed E-state index contributed by atoms with van der Waals surface area (Å²) in [4.78, 5) is 106. The highest BCUT2D eigenvalue weighted by Crippen LogP contribution is 2.26. The number of nitrogens with two attached hydrogens (primary N) is 6. The van der Waals surface area contributed by atoms with Crippen LogP contribution in [0, 0.1) is 47.3 Å². The molecule has 3 rings (SSSR count). The molecule has 0 bridgehead atoms. The third kappa shape index (κ3) is 47.5. The number of piperidine rings is 1. The number of carbonyl (C=O) groups excluding carboxylic acids is 8. The van der Waals surface area contributed by atoms with E-state index in [4.69, 9.17) is 34.4 Å². The lowest BCUT2D eigenvalue weighted by Gasteiger charge is -2.32. The zero-order valence-corrected chi connectivity index (χ0v) is 61.6. The van der Waals surface area contributed by atoms with Gasteiger partial charge >= 0.3 is 0 Å². The monoisotopic (exact) mass is 1280 g/mol. The van der Waals surface area contributed by atoms with Crippen molar-refractivity contribution < 1.29 is 38.4 Å². The molecule has 0 aliphatic carbocycles. The van der Waals surface area contributed by atoms with Crippen LogP contribution in [0.4, 0.5) is 0 Å². The highest BCUT2D eigenvalue weighted by atomic mass is 16.2. The number of ketones is 6. The van der Waals surface area contributed by atoms with E-state index in [9.17, 15) is 38.4 Å². The maximum Gasteiger partial charge on any atom is 0.233 e. The summed E-state index contributed by atoms with van der Waals surface area (Å²) in [5.74, 6) is 2.34. The summed E-state index contributed by atoms with van der Waals surface area (Å²) in [7, 11) is 14.2. The third-order valence-electron chi connectivity index (χ3n) is 16.1. The zero-order valence-electron chi connectivity index (χ0n) is 61.6. The number of imide groups is 1. The molecule has 3 saturated heterocycles. The lowest BCUT2D eigenvalue weighted by Crippen LogP contribution is -2.45. The van der Waals surface area contributed by atoms with E-state index < -0.39 is 6.04 Å². The van der Waals surface area contributed by atoms with Crippen molar-refractivity contribution in [3.63, 3.8) is 0 Å². The number of nitrogens with zero attached hydrogens (tertiary/aromatic N) is 7. The Morgan fingerprint density at radius 1 is 0.467 bits per heavy atom. The van der Waals surface area contributed by atoms with Gasteiger partial charge in [0, 0.05) is 113 Å². The van der Waals surface area contributed by atoms with Gasteiger partial charge in [-0.25, -0.2) is 0 Å². The molecule has 21 heteroatoms. The van der Waals surface area contributed by atoms with Crippen LogP contribution in [0.15, 0.2) is 0 Å². The highest BCUT2D eigenvalue weighted by molar-refractivity contribution is 6.03. The summed E-state index contributed by atoms with van der Waals surface area (Å²) in [6.45, 7) is 39.9. The van der Waals surface area contributed by atoms with Crippen LogP contribution in [0.2, 0.25) is 0 Å². The molecule has 5 atom stereocenters. The molecule has 2 amide bonds. The van der Waals surface area contributed by atoms with Crippen molar-refractivity contribution in [2.75, 3.05) is 141 Å². The normalized spacial score (nSPS) is 16.9. The van der Waals surface area contributed by atoms with Crippen molar-refractivity contribution in [3.05, 3.63) is 0 Å². The van der Waals surface area contributed by atoms with E-state index in [1.54, 1.807) is 0 Å². The van der Waals surface area contributed by atoms with E-state index in [2.05, 4.69) is 45.6 Å². The van der Waals surface area contributed by atoms with E-state index in [0.717, 1.165) is 110 Å². The highest BCUT2D eigenvalue weighted by Gasteiger charge is 2.39. The maximum atomic E-state index is 11.9. The molecule has 90 heavy (non-hydrogen) atoms. The largest absolute Gasteiger partial charge is 0.330 e. The fraction of sp³-hybridized carbons (Fsp3) is 0.884. The molecule has 0 aromatic carbocycles. The van der Waals surface area contributed by atoms with Crippen molar-refractivity contribution in [2.45, 2.75) is 211 Å². The zero-order chi connectivity index (χ0) is 70.4. The number of piperazine rings is 1. The number of amides is 2. The molecule has 12 N–H and O–H groups in total. The van der Waals surface area contributed by atoms with Crippen LogP contribution in [0.5, 0.6) is 0 Å². The standard InChI is InChI=1S/C12H22N2O2.C12H26N2O.C11H22N2O.C11H21NO.C9H20N2O.C8H18N2O.C6H14N2O/c1-9(2)10-8-11(15)14(12(10)16)7-5-6-13(3)4;1-10(2)12(15)11(14(5)6)8-7-9-13(3)4;1-10(2)11(14)4-5-13-8-6-12(3)7-9-13;1-10(2)11(13)6-9-12-7-4-3-5-8-12;1-7(2)9(12)8(11)5-3-4-6-10;1-6(2)8(11)7(10)4-3-5-9;1-4(2)6(9)5(8)3-7/h9-10H,5-8H2,1-4H3;10-11H,7-9H2,1-6H3;10H,4-9H2,1-3H3;10H,3-9H2,1-2H3;7-8H,3-6,10-11H2,1-2H3;6-7H,3-5,9-10H2,1-2H3;4-5H,3,7-8H2,1-2H3. The van der Waals surface area contributed by atoms with Crippen LogP contribution in [0.3, 0.4) is 0 Å². The van der Waals surface area contributed by atoms with Crippen LogP contribution in [-0.4, -0.2) is 246 Å². The van der Waals surface area contributed by atoms with Crippen LogP contribution in [-0.2, 0) is 38.4 Å². The topological polar surface area (TPSA) is 315 Å². The van der Waals surface area contributed by atoms with Crippen LogP contribution in [0.1, 0.15) is 187 Å². The van der Waals surface area contributed by atoms with Crippen LogP contribution >= 0.6 is 0 Å². The number of hydrogen-bond donors (Lipinski definition) is 6. The van der Waals surface area contributed by atoms with Crippen molar-refractivity contribution in [2.24, 2.45) is 81.7 Å². The molecule has 532 valence electrons. The van der Waals surface area contributed by atoms with Gasteiger partial charge in [-0.2, -0.15) is 0 Å². The van der Waals surface area contributed by atoms with Crippen molar-refractivity contribution in [3.8, 4) is 0 Å². The molecule has 3 fully saturated rings. The molecule has 0 spiro atoms. The minimum Gasteiger partial charge on any atom is -0.330 e. The molecule has 21 nitrogen and oxygen atoms in total. The van der Waals surface area contributed by atoms with Gasteiger partial charge in [0.15, 0.2) is 23.1 Å². The van der Waals surface area contributed by atoms with Crippen molar-refractivity contribution >= 4 is 46.5 Å². The number of hydrogen-bond acceptors (Lipinski definition) is 20. The second kappa shape index (κ2) is 55.0. The molecule has 0 aromatic rings. The van der Waals surface area contributed by atoms with Crippen LogP contribution < -0.4 is 34.4 Å². The second-order valence-corrected chi connectivity index (χ2v) is 27.8. The molecule has 3 aliphatic heterocycles. The Kier molecular flexibility index (Phi) is 56.9. The van der Waals surface area contributed by atoms with Crippen molar-refractivity contribution in [1.82, 2.24) is 34.3 Å². The summed E-state index contributed by atoms with van der Waals surface area (Å²) in [6, 6.07) is -0.968. The number of Topliss-reactive ketones (excluding diaryl/α,β-unsaturated/α-hetero) is 6. The first-order chi connectivity index (χ1) is 41.9. The van der Waals surface area contributed by atoms with Gasteiger partial charge in [0.1, 0.15) is 11.6 Å². The predicted molar refractivity (Wildman–Crippen MR) is 375 cm³/mol. The molecule has 5 unspecified atom stereocenters. The number of carbonyl (C=O) groups is 8. The van der Waals surface area contributed by atoms with Gasteiger partial charge in [-0.1, -0.05) is 110 Å². The summed E-state index contributed by atoms with van der Waals surface area (Å²) >= 11 is 0. The minimum absolute atomic E-state index is 0.00227. The van der Waals surface area contributed by atoms with Gasteiger partial charge in [0.2, 0.25) is 11.8 Å². The SMILES string of the molecule is CC(C)C(=O)C(CCCN(C)C)N(C)C.CC(C)C(=O)C(N)CCCCN.CC(C)C(=O)C(N)CCCN.CC(C)C(=O)C(N)CN.CC(C)C(=O)CCN1CCCCC1.CC(C)C(=O)CCN1CCN(C)CC1.CC(C)C1CC(=O)N(CCCN(C)C)C1=O. The minimum atomic E-state index is -0.468. The van der Waals surface area contributed by atoms with Gasteiger partial charge in [0.25, 0.3) is 0 Å². The first-order valence-electron chi connectivity index (χ1n) is 34.4. The lowest BCUT2D eigenvalue weighted by molar-refractivity contribution is -0.140. The van der Waals surface area contributed by atoms with E-state index in [1.807, 2.05) is 130 Å². The maximum absolute atomic E-state index is 11.9. The summed E-state index contributed by atoms with van der Waals surface area (Å²) in [5.41, 5.74) is 32.4. The van der Waals surface area contributed by atoms with E-state index in [-0.39, 0.29) is 101 Å². The number of rotatable bonds is 34. The summed E-state index contributed by atoms with van der Waals surface area (Å²) in [5, 5.41) is 0. The van der Waals surface area contributed by atoms with E-state index >= 15 is 0 Å². The summed E-state index contributed by atoms with van der Waals surface area (Å²) < 4.78 is 0. The lowest BCUT2D eigenvalue weighted by atomic mass is 9.94. The Labute approximate surface area is 550 Å². The number of likely N-dealkylation sites (N-methyl/N-ethyl adjacent to an activating group) is 2. The predicted octanol–water partition coefficient (Wildman–Crippen LogP) is 5.83. The average molecular weight is 1280 g/mol. The fourth-order valence-electron chi connectivity index (χ4n) is 9.55. The smallest absolute Gasteiger partial charge is 0.233 e. The Morgan fingerprint density at radius 3 is 1.21 bits per heavy atom. The fourth-order valence-corrected chi connectivity index (χ4v) is 9.55. The molecule has 3 aliphatic rings. The first kappa shape index (κ1) is 93.1. The molecular formula is C69H143N13O8. The van der Waals surface area contributed by atoms with Gasteiger partial charge in [0.05, 0.1) is 24.2 Å². The third-order valence-corrected chi connectivity index (χ3v) is 16.1. The molecule has 0 radical (unpaired) electrons. The summed E-state index contributed by atoms with van der Waals surface area (Å²) in [6.07, 6.45) is 13.0. The number of likely N-dealkylation sites (tertiary alicyclic amines) is 2. The van der Waals surface area contributed by atoms with Gasteiger partial charge in [-0.05, 0) is 152 Å². The molecular weight excluding hydrogens is 1140 g/mol. The molecule has 0 saturated carbocycles. The molecule has 3 heterocycles. The van der Waals surface area contributed by atoms with Gasteiger partial charge in [-0.3, -0.25) is 48.2 Å². The van der Waals surface area contributed by atoms with Crippen LogP contribution in [0.25, 0.3) is 0 Å². The van der Waals surface area contributed by atoms with Gasteiger partial charge < -0.3 is 58.9 Å². The second-order valence-electron chi connectivity index (χ2n) is 27.8. The Balaban J connectivity index is -0.000000483. The number of unbranched alkanes of at least 4 members (excludes halogenated alkanes) is 1. The van der Waals surface area contributed by atoms with E-state index in [1.165, 1.54) is 37.3 Å². The van der Waals surface area contributed by atoms with Gasteiger partial charge in [-0.15, -0.1) is 0 Å². The Bertz CT molecular complexity index is 1900. The average Bonchev–Trinajstić information content (AvgIpc) is 1.78. The first-order valence-corrected chi connectivity index (χ1v) is 34.4. The molecule has 0 aromatic heterocycles. The quantitative estimate of drug-likeness (QED) is 0.0326.